The highest BCUT2D eigenvalue weighted by Crippen LogP contribution is 2.35. The first kappa shape index (κ1) is 38.9. The van der Waals surface area contributed by atoms with Gasteiger partial charge in [-0.15, -0.1) is 0 Å². The number of ether oxygens (including phenoxy) is 3. The summed E-state index contributed by atoms with van der Waals surface area (Å²) in [6.45, 7) is 18.2. The number of nitrogens with zero attached hydrogens (tertiary/aromatic N) is 5. The summed E-state index contributed by atoms with van der Waals surface area (Å²) >= 11 is 0. The highest BCUT2D eigenvalue weighted by atomic mass is 19.1. The van der Waals surface area contributed by atoms with Crippen molar-refractivity contribution in [3.05, 3.63) is 88.9 Å². The highest BCUT2D eigenvalue weighted by Gasteiger charge is 2.23. The Bertz CT molecular complexity index is 1870. The number of anilines is 3. The second-order valence-electron chi connectivity index (χ2n) is 13.2. The van der Waals surface area contributed by atoms with E-state index in [4.69, 9.17) is 14.2 Å². The van der Waals surface area contributed by atoms with Crippen molar-refractivity contribution >= 4 is 29.1 Å². The number of methoxy groups -OCH3 is 1. The minimum atomic E-state index is -0.537. The zero-order valence-electron chi connectivity index (χ0n) is 31.7. The second-order valence-corrected chi connectivity index (χ2v) is 13.2. The summed E-state index contributed by atoms with van der Waals surface area (Å²) in [5.41, 5.74) is 3.27. The van der Waals surface area contributed by atoms with E-state index in [1.807, 2.05) is 45.9 Å². The minimum absolute atomic E-state index is 0.0455. The van der Waals surface area contributed by atoms with Crippen LogP contribution in [0.5, 0.6) is 23.1 Å². The zero-order chi connectivity index (χ0) is 38.1. The van der Waals surface area contributed by atoms with Crippen LogP contribution in [0.2, 0.25) is 0 Å². The van der Waals surface area contributed by atoms with Gasteiger partial charge in [-0.25, -0.2) is 9.37 Å². The molecule has 1 saturated heterocycles. The van der Waals surface area contributed by atoms with E-state index in [2.05, 4.69) is 44.2 Å². The Morgan fingerprint density at radius 2 is 1.64 bits per heavy atom. The number of carbonyl (C=O) groups is 2. The molecule has 0 aliphatic carbocycles. The summed E-state index contributed by atoms with van der Waals surface area (Å²) in [6, 6.07) is 15.6. The summed E-state index contributed by atoms with van der Waals surface area (Å²) in [7, 11) is 1.46. The fourth-order valence-corrected chi connectivity index (χ4v) is 6.15. The van der Waals surface area contributed by atoms with Crippen molar-refractivity contribution in [3.8, 4) is 23.1 Å². The molecule has 13 heteroatoms. The molecule has 53 heavy (non-hydrogen) atoms. The molecule has 1 aromatic heterocycles. The Labute approximate surface area is 311 Å². The van der Waals surface area contributed by atoms with Crippen LogP contribution in [0.15, 0.2) is 60.8 Å². The molecule has 4 aromatic rings. The Balaban J connectivity index is 1.35. The number of aryl methyl sites for hydroxylation is 2. The number of nitrogens with one attached hydrogen (secondary N) is 2. The van der Waals surface area contributed by atoms with Gasteiger partial charge in [-0.3, -0.25) is 19.4 Å². The number of piperazine rings is 1. The molecule has 0 spiro atoms. The van der Waals surface area contributed by atoms with Gasteiger partial charge in [0.2, 0.25) is 11.8 Å². The van der Waals surface area contributed by atoms with Gasteiger partial charge < -0.3 is 29.7 Å². The number of amides is 2. The molecule has 2 N–H and O–H groups in total. The first-order chi connectivity index (χ1) is 25.5. The molecule has 282 valence electrons. The largest absolute Gasteiger partial charge is 0.493 e. The third-order valence-electron chi connectivity index (χ3n) is 9.38. The van der Waals surface area contributed by atoms with Gasteiger partial charge in [-0.05, 0) is 83.0 Å². The Hall–Kier alpha value is -5.27. The summed E-state index contributed by atoms with van der Waals surface area (Å²) in [4.78, 5) is 42.1. The molecule has 0 saturated carbocycles. The first-order valence-electron chi connectivity index (χ1n) is 18.1. The van der Waals surface area contributed by atoms with E-state index < -0.39 is 11.7 Å². The number of rotatable bonds is 15. The molecule has 2 amide bonds. The summed E-state index contributed by atoms with van der Waals surface area (Å²) in [6.07, 6.45) is 1.34. The van der Waals surface area contributed by atoms with E-state index in [1.165, 1.54) is 19.4 Å². The Kier molecular flexibility index (Phi) is 13.2. The number of halogens is 1. The van der Waals surface area contributed by atoms with Crippen LogP contribution in [-0.2, 0) is 0 Å². The molecule has 0 radical (unpaired) electrons. The molecule has 3 aromatic carbocycles. The standard InChI is InChI=1S/C40H50FN7O5/c1-8-47(9-2)39(50)29-13-15-34(35(23-29)51-7)53-38-31(37(49)44-36-27(5)11-10-12-28(36)6)25-42-40(45-38)43-30-14-16-33(32(41)24-30)52-22-21-46-17-19-48(20-18-46)26(3)4/h10-16,23-26H,8-9,17-22H2,1-7H3,(H,44,49)(H,42,43,45). The average molecular weight is 728 g/mol. The van der Waals surface area contributed by atoms with Crippen molar-refractivity contribution in [1.82, 2.24) is 24.7 Å². The molecule has 0 atom stereocenters. The van der Waals surface area contributed by atoms with Gasteiger partial charge in [0, 0.05) is 81.1 Å². The zero-order valence-corrected chi connectivity index (χ0v) is 31.7. The minimum Gasteiger partial charge on any atom is -0.493 e. The fourth-order valence-electron chi connectivity index (χ4n) is 6.15. The maximum absolute atomic E-state index is 15.2. The van der Waals surface area contributed by atoms with Gasteiger partial charge >= 0.3 is 0 Å². The lowest BCUT2D eigenvalue weighted by atomic mass is 10.1. The van der Waals surface area contributed by atoms with Crippen LogP contribution < -0.4 is 24.8 Å². The van der Waals surface area contributed by atoms with Crippen molar-refractivity contribution in [2.24, 2.45) is 0 Å². The molecular weight excluding hydrogens is 677 g/mol. The van der Waals surface area contributed by atoms with E-state index >= 15 is 4.39 Å². The van der Waals surface area contributed by atoms with Crippen LogP contribution >= 0.6 is 0 Å². The van der Waals surface area contributed by atoms with E-state index in [0.717, 1.165) is 37.3 Å². The quantitative estimate of drug-likeness (QED) is 0.134. The number of carbonyl (C=O) groups excluding carboxylic acids is 2. The fraction of sp³-hybridized carbons (Fsp3) is 0.400. The molecule has 1 aliphatic heterocycles. The van der Waals surface area contributed by atoms with Crippen LogP contribution in [-0.4, -0.2) is 102 Å². The van der Waals surface area contributed by atoms with Gasteiger partial charge in [0.15, 0.2) is 23.1 Å². The van der Waals surface area contributed by atoms with Gasteiger partial charge in [-0.2, -0.15) is 4.98 Å². The monoisotopic (exact) mass is 727 g/mol. The normalized spacial score (nSPS) is 13.5. The van der Waals surface area contributed by atoms with Crippen LogP contribution in [0.25, 0.3) is 0 Å². The average Bonchev–Trinajstić information content (AvgIpc) is 3.15. The molecule has 0 unspecified atom stereocenters. The number of hydrogen-bond acceptors (Lipinski definition) is 10. The van der Waals surface area contributed by atoms with Crippen LogP contribution in [0.4, 0.5) is 21.7 Å². The van der Waals surface area contributed by atoms with Crippen molar-refractivity contribution < 1.29 is 28.2 Å². The van der Waals surface area contributed by atoms with Crippen LogP contribution in [0, 0.1) is 19.7 Å². The lowest BCUT2D eigenvalue weighted by molar-refractivity contribution is 0.0772. The van der Waals surface area contributed by atoms with Gasteiger partial charge in [0.25, 0.3) is 11.8 Å². The maximum atomic E-state index is 15.2. The third-order valence-corrected chi connectivity index (χ3v) is 9.38. The number of benzene rings is 3. The van der Waals surface area contributed by atoms with Gasteiger partial charge in [-0.1, -0.05) is 18.2 Å². The van der Waals surface area contributed by atoms with Crippen LogP contribution in [0.1, 0.15) is 59.5 Å². The molecular formula is C40H50FN7O5. The number of hydrogen-bond donors (Lipinski definition) is 2. The lowest BCUT2D eigenvalue weighted by Crippen LogP contribution is -2.49. The second kappa shape index (κ2) is 18.0. The Morgan fingerprint density at radius 3 is 2.28 bits per heavy atom. The molecule has 12 nitrogen and oxygen atoms in total. The third kappa shape index (κ3) is 9.79. The van der Waals surface area contributed by atoms with Crippen molar-refractivity contribution in [2.75, 3.05) is 70.2 Å². The van der Waals surface area contributed by atoms with Crippen molar-refractivity contribution in [2.45, 2.75) is 47.6 Å². The molecule has 1 fully saturated rings. The van der Waals surface area contributed by atoms with E-state index in [9.17, 15) is 9.59 Å². The number of para-hydroxylation sites is 1. The maximum Gasteiger partial charge on any atom is 0.262 e. The van der Waals surface area contributed by atoms with E-state index in [1.54, 1.807) is 35.2 Å². The smallest absolute Gasteiger partial charge is 0.262 e. The molecule has 0 bridgehead atoms. The van der Waals surface area contributed by atoms with Crippen molar-refractivity contribution in [1.29, 1.82) is 0 Å². The van der Waals surface area contributed by atoms with E-state index in [-0.39, 0.29) is 40.5 Å². The van der Waals surface area contributed by atoms with E-state index in [0.29, 0.717) is 49.2 Å². The molecule has 2 heterocycles. The SMILES string of the molecule is CCN(CC)C(=O)c1ccc(Oc2nc(Nc3ccc(OCCN4CCN(C(C)C)CC4)c(F)c3)ncc2C(=O)Nc2c(C)cccc2C)c(OC)c1. The number of aromatic nitrogens is 2. The summed E-state index contributed by atoms with van der Waals surface area (Å²) in [5, 5.41) is 5.96. The summed E-state index contributed by atoms with van der Waals surface area (Å²) in [5.74, 6) is -0.556. The first-order valence-corrected chi connectivity index (χ1v) is 18.1. The van der Waals surface area contributed by atoms with Crippen molar-refractivity contribution in [3.63, 3.8) is 0 Å². The molecule has 1 aliphatic rings. The topological polar surface area (TPSA) is 121 Å². The predicted octanol–water partition coefficient (Wildman–Crippen LogP) is 6.92. The molecule has 5 rings (SSSR count). The van der Waals surface area contributed by atoms with Gasteiger partial charge in [0.05, 0.1) is 7.11 Å². The Morgan fingerprint density at radius 1 is 0.943 bits per heavy atom. The van der Waals surface area contributed by atoms with Crippen LogP contribution in [0.3, 0.4) is 0 Å². The summed E-state index contributed by atoms with van der Waals surface area (Å²) < 4.78 is 32.8. The van der Waals surface area contributed by atoms with Gasteiger partial charge in [0.1, 0.15) is 12.2 Å². The highest BCUT2D eigenvalue weighted by molar-refractivity contribution is 6.06. The lowest BCUT2D eigenvalue weighted by Gasteiger charge is -2.36. The predicted molar refractivity (Wildman–Crippen MR) is 205 cm³/mol.